The normalized spacial score (nSPS) is 16.9. The maximum atomic E-state index is 12.3. The monoisotopic (exact) mass is 277 g/mol. The van der Waals surface area contributed by atoms with Gasteiger partial charge >= 0.3 is 0 Å². The molecule has 0 saturated heterocycles. The first-order chi connectivity index (χ1) is 9.16. The topological polar surface area (TPSA) is 47.8 Å². The van der Waals surface area contributed by atoms with Crippen LogP contribution >= 0.6 is 11.6 Å². The lowest BCUT2D eigenvalue weighted by Crippen LogP contribution is -2.27. The first-order valence-corrected chi connectivity index (χ1v) is 7.09. The zero-order valence-electron chi connectivity index (χ0n) is 10.9. The molecule has 1 saturated carbocycles. The van der Waals surface area contributed by atoms with Crippen LogP contribution in [0.5, 0.6) is 0 Å². The molecule has 2 aromatic rings. The van der Waals surface area contributed by atoms with Crippen molar-refractivity contribution in [1.29, 1.82) is 0 Å². The van der Waals surface area contributed by atoms with E-state index >= 15 is 0 Å². The van der Waals surface area contributed by atoms with Crippen molar-refractivity contribution in [2.24, 2.45) is 0 Å². The zero-order valence-corrected chi connectivity index (χ0v) is 11.7. The van der Waals surface area contributed by atoms with E-state index in [0.29, 0.717) is 5.65 Å². The van der Waals surface area contributed by atoms with Crippen LogP contribution in [0.1, 0.15) is 43.7 Å². The molecular weight excluding hydrogens is 262 g/mol. The van der Waals surface area contributed by atoms with E-state index in [1.54, 1.807) is 12.3 Å². The van der Waals surface area contributed by atoms with Crippen LogP contribution in [0, 0.1) is 6.92 Å². The Bertz CT molecular complexity index is 674. The van der Waals surface area contributed by atoms with Gasteiger partial charge in [0.25, 0.3) is 5.56 Å². The van der Waals surface area contributed by atoms with Crippen LogP contribution in [0.4, 0.5) is 0 Å². The third-order valence-electron chi connectivity index (χ3n) is 3.91. The summed E-state index contributed by atoms with van der Waals surface area (Å²) in [6.07, 6.45) is 7.39. The fourth-order valence-electron chi connectivity index (χ4n) is 2.94. The SMILES string of the molecule is Cc1cc(=O)n(C2CCCCC2)c2nc(Cl)ncc12. The Kier molecular flexibility index (Phi) is 3.27. The lowest BCUT2D eigenvalue weighted by Gasteiger charge is -2.25. The molecule has 1 aliphatic carbocycles. The summed E-state index contributed by atoms with van der Waals surface area (Å²) in [4.78, 5) is 20.6. The summed E-state index contributed by atoms with van der Waals surface area (Å²) in [5.41, 5.74) is 1.60. The Morgan fingerprint density at radius 2 is 2.05 bits per heavy atom. The van der Waals surface area contributed by atoms with Gasteiger partial charge in [-0.05, 0) is 36.9 Å². The molecule has 0 spiro atoms. The molecule has 1 fully saturated rings. The highest BCUT2D eigenvalue weighted by molar-refractivity contribution is 6.28. The standard InChI is InChI=1S/C14H16ClN3O/c1-9-7-12(19)18(10-5-3-2-4-6-10)13-11(9)8-16-14(15)17-13/h7-8,10H,2-6H2,1H3. The maximum absolute atomic E-state index is 12.3. The average Bonchev–Trinajstić information content (AvgIpc) is 2.39. The fourth-order valence-corrected chi connectivity index (χ4v) is 3.07. The number of aromatic nitrogens is 3. The van der Waals surface area contributed by atoms with E-state index in [1.807, 2.05) is 11.5 Å². The van der Waals surface area contributed by atoms with Crippen LogP contribution in [-0.4, -0.2) is 14.5 Å². The molecule has 0 aliphatic heterocycles. The summed E-state index contributed by atoms with van der Waals surface area (Å²) >= 11 is 5.90. The number of fused-ring (bicyclic) bond motifs is 1. The van der Waals surface area contributed by atoms with Gasteiger partial charge in [0.1, 0.15) is 5.65 Å². The van der Waals surface area contributed by atoms with E-state index in [2.05, 4.69) is 9.97 Å². The van der Waals surface area contributed by atoms with Crippen molar-refractivity contribution in [2.75, 3.05) is 0 Å². The molecular formula is C14H16ClN3O. The van der Waals surface area contributed by atoms with Crippen molar-refractivity contribution in [3.8, 4) is 0 Å². The lowest BCUT2D eigenvalue weighted by molar-refractivity contribution is 0.352. The zero-order chi connectivity index (χ0) is 13.4. The van der Waals surface area contributed by atoms with E-state index in [1.165, 1.54) is 19.3 Å². The van der Waals surface area contributed by atoms with Crippen LogP contribution in [0.2, 0.25) is 5.28 Å². The molecule has 100 valence electrons. The van der Waals surface area contributed by atoms with Gasteiger partial charge in [0.2, 0.25) is 5.28 Å². The van der Waals surface area contributed by atoms with Crippen molar-refractivity contribution in [3.05, 3.63) is 33.5 Å². The van der Waals surface area contributed by atoms with Gasteiger partial charge in [-0.15, -0.1) is 0 Å². The summed E-state index contributed by atoms with van der Waals surface area (Å²) in [6.45, 7) is 1.91. The molecule has 0 atom stereocenters. The van der Waals surface area contributed by atoms with E-state index in [-0.39, 0.29) is 16.9 Å². The second kappa shape index (κ2) is 4.93. The highest BCUT2D eigenvalue weighted by Crippen LogP contribution is 2.29. The lowest BCUT2D eigenvalue weighted by atomic mass is 9.95. The fraction of sp³-hybridized carbons (Fsp3) is 0.500. The minimum absolute atomic E-state index is 0.0201. The molecule has 4 nitrogen and oxygen atoms in total. The predicted molar refractivity (Wildman–Crippen MR) is 75.7 cm³/mol. The number of halogens is 1. The number of hydrogen-bond acceptors (Lipinski definition) is 3. The Morgan fingerprint density at radius 1 is 1.32 bits per heavy atom. The first-order valence-electron chi connectivity index (χ1n) is 6.71. The first kappa shape index (κ1) is 12.6. The summed E-state index contributed by atoms with van der Waals surface area (Å²) in [7, 11) is 0. The minimum atomic E-state index is 0.0201. The average molecular weight is 278 g/mol. The number of pyridine rings is 1. The third-order valence-corrected chi connectivity index (χ3v) is 4.09. The van der Waals surface area contributed by atoms with Gasteiger partial charge in [0.15, 0.2) is 0 Å². The highest BCUT2D eigenvalue weighted by atomic mass is 35.5. The molecule has 0 radical (unpaired) electrons. The molecule has 0 unspecified atom stereocenters. The van der Waals surface area contributed by atoms with E-state index in [4.69, 9.17) is 11.6 Å². The van der Waals surface area contributed by atoms with Gasteiger partial charge in [0.05, 0.1) is 0 Å². The van der Waals surface area contributed by atoms with Gasteiger partial charge < -0.3 is 0 Å². The smallest absolute Gasteiger partial charge is 0.252 e. The molecule has 0 N–H and O–H groups in total. The molecule has 2 aromatic heterocycles. The molecule has 5 heteroatoms. The highest BCUT2D eigenvalue weighted by Gasteiger charge is 2.20. The quantitative estimate of drug-likeness (QED) is 0.752. The van der Waals surface area contributed by atoms with Gasteiger partial charge in [-0.3, -0.25) is 9.36 Å². The molecule has 0 bridgehead atoms. The van der Waals surface area contributed by atoms with Crippen molar-refractivity contribution < 1.29 is 0 Å². The predicted octanol–water partition coefficient (Wildman–Crippen LogP) is 3.26. The number of aryl methyl sites for hydroxylation is 1. The summed E-state index contributed by atoms with van der Waals surface area (Å²) < 4.78 is 1.81. The van der Waals surface area contributed by atoms with E-state index in [9.17, 15) is 4.79 Å². The largest absolute Gasteiger partial charge is 0.289 e. The summed E-state index contributed by atoms with van der Waals surface area (Å²) in [5.74, 6) is 0. The second-order valence-electron chi connectivity index (χ2n) is 5.20. The minimum Gasteiger partial charge on any atom is -0.289 e. The van der Waals surface area contributed by atoms with Crippen molar-refractivity contribution >= 4 is 22.6 Å². The van der Waals surface area contributed by atoms with Crippen LogP contribution in [0.15, 0.2) is 17.1 Å². The van der Waals surface area contributed by atoms with Crippen LogP contribution in [0.3, 0.4) is 0 Å². The number of rotatable bonds is 1. The summed E-state index contributed by atoms with van der Waals surface area (Å²) in [5, 5.41) is 1.11. The van der Waals surface area contributed by atoms with Gasteiger partial charge in [-0.2, -0.15) is 4.98 Å². The Balaban J connectivity index is 2.27. The third kappa shape index (κ3) is 2.25. The second-order valence-corrected chi connectivity index (χ2v) is 5.54. The van der Waals surface area contributed by atoms with Crippen LogP contribution < -0.4 is 5.56 Å². The van der Waals surface area contributed by atoms with Crippen LogP contribution in [0.25, 0.3) is 11.0 Å². The van der Waals surface area contributed by atoms with E-state index < -0.39 is 0 Å². The molecule has 0 amide bonds. The molecule has 1 aliphatic rings. The summed E-state index contributed by atoms with van der Waals surface area (Å²) in [6, 6.07) is 1.92. The number of nitrogens with zero attached hydrogens (tertiary/aromatic N) is 3. The van der Waals surface area contributed by atoms with Crippen LogP contribution in [-0.2, 0) is 0 Å². The Labute approximate surface area is 116 Å². The van der Waals surface area contributed by atoms with E-state index in [0.717, 1.165) is 23.8 Å². The van der Waals surface area contributed by atoms with Gasteiger partial charge in [-0.25, -0.2) is 4.98 Å². The molecule has 2 heterocycles. The van der Waals surface area contributed by atoms with Gasteiger partial charge in [0, 0.05) is 23.7 Å². The Morgan fingerprint density at radius 3 is 2.79 bits per heavy atom. The van der Waals surface area contributed by atoms with Crippen molar-refractivity contribution in [2.45, 2.75) is 45.1 Å². The molecule has 19 heavy (non-hydrogen) atoms. The van der Waals surface area contributed by atoms with Crippen molar-refractivity contribution in [3.63, 3.8) is 0 Å². The van der Waals surface area contributed by atoms with Gasteiger partial charge in [-0.1, -0.05) is 19.3 Å². The molecule has 0 aromatic carbocycles. The maximum Gasteiger partial charge on any atom is 0.252 e. The molecule has 3 rings (SSSR count). The van der Waals surface area contributed by atoms with Crippen molar-refractivity contribution in [1.82, 2.24) is 14.5 Å². The Hall–Kier alpha value is -1.42. The number of hydrogen-bond donors (Lipinski definition) is 0.